The van der Waals surface area contributed by atoms with E-state index in [2.05, 4.69) is 30.2 Å². The molecule has 2 heterocycles. The van der Waals surface area contributed by atoms with Crippen LogP contribution in [0.1, 0.15) is 18.4 Å². The number of piperidine rings is 1. The normalized spacial score (nSPS) is 15.2. The minimum Gasteiger partial charge on any atom is -0.354 e. The topological polar surface area (TPSA) is 99.3 Å². The molecule has 4 rings (SSSR count). The lowest BCUT2D eigenvalue weighted by molar-refractivity contribution is 0.248. The van der Waals surface area contributed by atoms with Gasteiger partial charge in [-0.1, -0.05) is 12.1 Å². The third kappa shape index (κ3) is 6.72. The molecule has 180 valence electrons. The van der Waals surface area contributed by atoms with Gasteiger partial charge in [0.05, 0.1) is 4.90 Å². The Bertz CT molecular complexity index is 1180. The van der Waals surface area contributed by atoms with Gasteiger partial charge in [0.25, 0.3) is 0 Å². The van der Waals surface area contributed by atoms with E-state index in [0.29, 0.717) is 24.7 Å². The highest BCUT2D eigenvalue weighted by atomic mass is 32.2. The van der Waals surface area contributed by atoms with Crippen LogP contribution in [0, 0.1) is 5.82 Å². The van der Waals surface area contributed by atoms with Crippen LogP contribution in [-0.2, 0) is 16.4 Å². The van der Waals surface area contributed by atoms with E-state index in [1.165, 1.54) is 12.1 Å². The van der Waals surface area contributed by atoms with Gasteiger partial charge < -0.3 is 15.5 Å². The van der Waals surface area contributed by atoms with Gasteiger partial charge in [-0.3, -0.25) is 0 Å². The van der Waals surface area contributed by atoms with Crippen LogP contribution in [0.3, 0.4) is 0 Å². The molecule has 1 fully saturated rings. The summed E-state index contributed by atoms with van der Waals surface area (Å²) in [6, 6.07) is 14.7. The predicted molar refractivity (Wildman–Crippen MR) is 131 cm³/mol. The molecule has 0 spiro atoms. The maximum atomic E-state index is 13.1. The van der Waals surface area contributed by atoms with Crippen molar-refractivity contribution in [3.8, 4) is 0 Å². The second kappa shape index (κ2) is 10.9. The molecule has 1 aromatic heterocycles. The van der Waals surface area contributed by atoms with Crippen LogP contribution in [0.2, 0.25) is 0 Å². The van der Waals surface area contributed by atoms with Crippen molar-refractivity contribution in [3.63, 3.8) is 0 Å². The molecule has 0 saturated carbocycles. The van der Waals surface area contributed by atoms with Crippen LogP contribution in [0.4, 0.5) is 21.8 Å². The summed E-state index contributed by atoms with van der Waals surface area (Å²) in [5, 5.41) is 6.28. The summed E-state index contributed by atoms with van der Waals surface area (Å²) >= 11 is 0. The molecule has 3 N–H and O–H groups in total. The van der Waals surface area contributed by atoms with Gasteiger partial charge in [-0.25, -0.2) is 22.5 Å². The van der Waals surface area contributed by atoms with Crippen molar-refractivity contribution in [2.75, 3.05) is 37.3 Å². The monoisotopic (exact) mass is 484 g/mol. The van der Waals surface area contributed by atoms with E-state index in [-0.39, 0.29) is 16.8 Å². The van der Waals surface area contributed by atoms with Gasteiger partial charge in [0, 0.05) is 24.5 Å². The molecule has 1 aliphatic rings. The van der Waals surface area contributed by atoms with Crippen molar-refractivity contribution in [3.05, 3.63) is 72.2 Å². The quantitative estimate of drug-likeness (QED) is 0.428. The van der Waals surface area contributed by atoms with Gasteiger partial charge in [0.1, 0.15) is 11.6 Å². The SMILES string of the molecule is CN1CCC(NS(=O)(=O)c2ccc(CCNc3nccc(Nc4ccc(F)cc4)n3)cc2)CC1. The lowest BCUT2D eigenvalue weighted by Gasteiger charge is -2.29. The van der Waals surface area contributed by atoms with Crippen LogP contribution in [-0.4, -0.2) is 56.0 Å². The number of nitrogens with one attached hydrogen (secondary N) is 3. The molecule has 34 heavy (non-hydrogen) atoms. The predicted octanol–water partition coefficient (Wildman–Crippen LogP) is 3.39. The third-order valence-corrected chi connectivity index (χ3v) is 7.28. The van der Waals surface area contributed by atoms with Crippen LogP contribution in [0.15, 0.2) is 65.7 Å². The Labute approximate surface area is 199 Å². The summed E-state index contributed by atoms with van der Waals surface area (Å²) in [5.41, 5.74) is 1.73. The highest BCUT2D eigenvalue weighted by molar-refractivity contribution is 7.89. The molecule has 1 saturated heterocycles. The average Bonchev–Trinajstić information content (AvgIpc) is 2.83. The smallest absolute Gasteiger partial charge is 0.240 e. The fourth-order valence-electron chi connectivity index (χ4n) is 3.76. The number of aromatic nitrogens is 2. The van der Waals surface area contributed by atoms with E-state index in [0.717, 1.165) is 37.2 Å². The van der Waals surface area contributed by atoms with E-state index >= 15 is 0 Å². The number of hydrogen-bond acceptors (Lipinski definition) is 7. The summed E-state index contributed by atoms with van der Waals surface area (Å²) in [7, 11) is -1.47. The van der Waals surface area contributed by atoms with Gasteiger partial charge in [-0.15, -0.1) is 0 Å². The number of benzene rings is 2. The standard InChI is InChI=1S/C24H29FN6O2S/c1-31-16-12-21(13-17-31)30-34(32,33)22-8-2-18(3-9-22)10-14-26-24-27-15-11-23(29-24)28-20-6-4-19(25)5-7-20/h2-9,11,15,21,30H,10,12-14,16-17H2,1H3,(H2,26,27,28,29). The Kier molecular flexibility index (Phi) is 7.71. The molecule has 8 nitrogen and oxygen atoms in total. The second-order valence-electron chi connectivity index (χ2n) is 8.42. The van der Waals surface area contributed by atoms with E-state index < -0.39 is 10.0 Å². The molecule has 0 radical (unpaired) electrons. The Morgan fingerprint density at radius 3 is 2.44 bits per heavy atom. The molecule has 2 aromatic carbocycles. The summed E-state index contributed by atoms with van der Waals surface area (Å²) < 4.78 is 41.3. The van der Waals surface area contributed by atoms with Crippen molar-refractivity contribution in [2.45, 2.75) is 30.2 Å². The zero-order valence-electron chi connectivity index (χ0n) is 19.0. The number of nitrogens with zero attached hydrogens (tertiary/aromatic N) is 3. The fraction of sp³-hybridized carbons (Fsp3) is 0.333. The van der Waals surface area contributed by atoms with Gasteiger partial charge in [-0.2, -0.15) is 4.98 Å². The molecule has 0 bridgehead atoms. The summed E-state index contributed by atoms with van der Waals surface area (Å²) in [6.07, 6.45) is 3.96. The third-order valence-electron chi connectivity index (χ3n) is 5.74. The van der Waals surface area contributed by atoms with Gasteiger partial charge in [0.15, 0.2) is 0 Å². The molecular formula is C24H29FN6O2S. The Morgan fingerprint density at radius 1 is 1.03 bits per heavy atom. The van der Waals surface area contributed by atoms with E-state index in [4.69, 9.17) is 0 Å². The second-order valence-corrected chi connectivity index (χ2v) is 10.1. The molecule has 0 amide bonds. The van der Waals surface area contributed by atoms with E-state index in [1.54, 1.807) is 36.5 Å². The van der Waals surface area contributed by atoms with Gasteiger partial charge in [-0.05, 0) is 87.4 Å². The maximum absolute atomic E-state index is 13.1. The Morgan fingerprint density at radius 2 is 1.74 bits per heavy atom. The fourth-order valence-corrected chi connectivity index (χ4v) is 5.07. The summed E-state index contributed by atoms with van der Waals surface area (Å²) in [5.74, 6) is 0.763. The molecule has 1 aliphatic heterocycles. The number of hydrogen-bond donors (Lipinski definition) is 3. The summed E-state index contributed by atoms with van der Waals surface area (Å²) in [6.45, 7) is 2.38. The number of rotatable bonds is 9. The molecule has 0 atom stereocenters. The minimum atomic E-state index is -3.52. The van der Waals surface area contributed by atoms with Crippen molar-refractivity contribution in [1.82, 2.24) is 19.6 Å². The van der Waals surface area contributed by atoms with Crippen molar-refractivity contribution in [1.29, 1.82) is 0 Å². The zero-order valence-corrected chi connectivity index (χ0v) is 19.9. The number of anilines is 3. The molecule has 0 aliphatic carbocycles. The van der Waals surface area contributed by atoms with Crippen molar-refractivity contribution < 1.29 is 12.8 Å². The Balaban J connectivity index is 1.28. The van der Waals surface area contributed by atoms with Crippen LogP contribution in [0.25, 0.3) is 0 Å². The average molecular weight is 485 g/mol. The molecular weight excluding hydrogens is 455 g/mol. The zero-order chi connectivity index (χ0) is 24.0. The van der Waals surface area contributed by atoms with Gasteiger partial charge >= 0.3 is 0 Å². The highest BCUT2D eigenvalue weighted by Gasteiger charge is 2.23. The van der Waals surface area contributed by atoms with Gasteiger partial charge in [0.2, 0.25) is 16.0 Å². The first-order valence-electron chi connectivity index (χ1n) is 11.3. The molecule has 0 unspecified atom stereocenters. The number of sulfonamides is 1. The van der Waals surface area contributed by atoms with Crippen LogP contribution < -0.4 is 15.4 Å². The first-order chi connectivity index (χ1) is 16.4. The largest absolute Gasteiger partial charge is 0.354 e. The Hall–Kier alpha value is -3.08. The first-order valence-corrected chi connectivity index (χ1v) is 12.7. The van der Waals surface area contributed by atoms with E-state index in [1.807, 2.05) is 19.2 Å². The molecule has 3 aromatic rings. The number of likely N-dealkylation sites (tertiary alicyclic amines) is 1. The van der Waals surface area contributed by atoms with Crippen LogP contribution in [0.5, 0.6) is 0 Å². The minimum absolute atomic E-state index is 0.0154. The van der Waals surface area contributed by atoms with Crippen molar-refractivity contribution in [2.24, 2.45) is 0 Å². The van der Waals surface area contributed by atoms with Crippen molar-refractivity contribution >= 4 is 27.5 Å². The molecule has 10 heteroatoms. The highest BCUT2D eigenvalue weighted by Crippen LogP contribution is 2.17. The lowest BCUT2D eigenvalue weighted by atomic mass is 10.1. The first kappa shape index (κ1) is 24.1. The number of halogens is 1. The van der Waals surface area contributed by atoms with E-state index in [9.17, 15) is 12.8 Å². The lowest BCUT2D eigenvalue weighted by Crippen LogP contribution is -2.43. The summed E-state index contributed by atoms with van der Waals surface area (Å²) in [4.78, 5) is 11.1. The van der Waals surface area contributed by atoms with Crippen LogP contribution >= 0.6 is 0 Å². The maximum Gasteiger partial charge on any atom is 0.240 e.